The Morgan fingerprint density at radius 1 is 1.06 bits per heavy atom. The number of benzene rings is 2. The Kier molecular flexibility index (Phi) is 5.74. The maximum absolute atomic E-state index is 15.4. The van der Waals surface area contributed by atoms with E-state index < -0.39 is 0 Å². The van der Waals surface area contributed by atoms with Gasteiger partial charge in [-0.1, -0.05) is 47.7 Å². The van der Waals surface area contributed by atoms with Gasteiger partial charge in [0.2, 0.25) is 0 Å². The predicted octanol–water partition coefficient (Wildman–Crippen LogP) is 6.53. The second kappa shape index (κ2) is 8.72. The highest BCUT2D eigenvalue weighted by molar-refractivity contribution is 7.21. The van der Waals surface area contributed by atoms with E-state index in [9.17, 15) is 5.11 Å². The molecule has 2 atom stereocenters. The number of likely N-dealkylation sites (tertiary alicyclic amines) is 1. The largest absolute Gasteiger partial charge is 0.395 e. The van der Waals surface area contributed by atoms with Gasteiger partial charge in [0, 0.05) is 29.1 Å². The Bertz CT molecular complexity index is 1410. The van der Waals surface area contributed by atoms with Crippen molar-refractivity contribution in [1.29, 1.82) is 0 Å². The van der Waals surface area contributed by atoms with Crippen molar-refractivity contribution in [3.63, 3.8) is 0 Å². The van der Waals surface area contributed by atoms with Crippen molar-refractivity contribution in [3.8, 4) is 10.6 Å². The molecule has 2 aliphatic rings. The monoisotopic (exact) mass is 501 g/mol. The zero-order valence-electron chi connectivity index (χ0n) is 21.0. The van der Waals surface area contributed by atoms with Gasteiger partial charge in [0.05, 0.1) is 12.3 Å². The molecule has 1 N–H and O–H groups in total. The second-order valence-corrected chi connectivity index (χ2v) is 12.3. The Balaban J connectivity index is 1.28. The molecule has 1 saturated heterocycles. The summed E-state index contributed by atoms with van der Waals surface area (Å²) < 4.78 is 15.4. The third-order valence-corrected chi connectivity index (χ3v) is 9.00. The highest BCUT2D eigenvalue weighted by atomic mass is 32.1. The number of thiazole rings is 1. The molecule has 0 spiro atoms. The van der Waals surface area contributed by atoms with Crippen molar-refractivity contribution in [1.82, 2.24) is 14.9 Å². The molecule has 1 aliphatic carbocycles. The average molecular weight is 502 g/mol. The standard InChI is InChI=1S/C30H32FN3OS/c1-29(2,3)34-17-20(15-22(34)18-35)19-9-10-23(24(31)16-19)27-32-25-11-12-26(33-28(25)36-27)30(13-14-30)21-7-5-4-6-8-21/h4-12,16,20,22,35H,13-15,17-18H2,1-3H3/t20-,22+/m1/s1. The number of hydrogen-bond donors (Lipinski definition) is 1. The van der Waals surface area contributed by atoms with Crippen molar-refractivity contribution in [2.24, 2.45) is 0 Å². The Morgan fingerprint density at radius 2 is 1.83 bits per heavy atom. The van der Waals surface area contributed by atoms with E-state index in [1.54, 1.807) is 6.07 Å². The summed E-state index contributed by atoms with van der Waals surface area (Å²) in [7, 11) is 0. The molecule has 6 rings (SSSR count). The summed E-state index contributed by atoms with van der Waals surface area (Å²) >= 11 is 1.46. The first-order valence-electron chi connectivity index (χ1n) is 12.8. The third-order valence-electron chi connectivity index (χ3n) is 8.00. The molecule has 4 aromatic rings. The minimum absolute atomic E-state index is 0.00114. The lowest BCUT2D eigenvalue weighted by Crippen LogP contribution is -2.46. The Morgan fingerprint density at radius 3 is 2.47 bits per heavy atom. The SMILES string of the molecule is CC(C)(C)N1C[C@H](c2ccc(-c3nc4ccc(C5(c6ccccc6)CC5)nc4s3)c(F)c2)C[C@H]1CO. The van der Waals surface area contributed by atoms with E-state index in [0.29, 0.717) is 10.6 Å². The number of pyridine rings is 1. The highest BCUT2D eigenvalue weighted by Crippen LogP contribution is 2.53. The predicted molar refractivity (Wildman–Crippen MR) is 144 cm³/mol. The molecule has 1 saturated carbocycles. The normalized spacial score (nSPS) is 21.8. The van der Waals surface area contributed by atoms with Gasteiger partial charge in [0.15, 0.2) is 0 Å². The molecule has 0 radical (unpaired) electrons. The van der Waals surface area contributed by atoms with E-state index in [-0.39, 0.29) is 35.3 Å². The number of fused-ring (bicyclic) bond motifs is 1. The zero-order chi connectivity index (χ0) is 25.1. The summed E-state index contributed by atoms with van der Waals surface area (Å²) in [5.74, 6) is -0.0401. The smallest absolute Gasteiger partial charge is 0.144 e. The lowest BCUT2D eigenvalue weighted by Gasteiger charge is -2.36. The van der Waals surface area contributed by atoms with Crippen LogP contribution in [0, 0.1) is 5.82 Å². The van der Waals surface area contributed by atoms with Crippen LogP contribution in [-0.4, -0.2) is 44.7 Å². The van der Waals surface area contributed by atoms with Crippen LogP contribution < -0.4 is 0 Å². The summed E-state index contributed by atoms with van der Waals surface area (Å²) in [4.78, 5) is 12.9. The van der Waals surface area contributed by atoms with Crippen molar-refractivity contribution in [2.45, 2.75) is 62.9 Å². The summed E-state index contributed by atoms with van der Waals surface area (Å²) in [6.07, 6.45) is 3.04. The van der Waals surface area contributed by atoms with E-state index in [0.717, 1.165) is 47.4 Å². The molecule has 186 valence electrons. The molecule has 3 heterocycles. The first-order chi connectivity index (χ1) is 17.3. The maximum Gasteiger partial charge on any atom is 0.144 e. The van der Waals surface area contributed by atoms with Crippen LogP contribution in [0.15, 0.2) is 60.7 Å². The van der Waals surface area contributed by atoms with Crippen LogP contribution in [0.2, 0.25) is 0 Å². The topological polar surface area (TPSA) is 49.2 Å². The molecule has 36 heavy (non-hydrogen) atoms. The van der Waals surface area contributed by atoms with E-state index in [1.165, 1.54) is 16.9 Å². The van der Waals surface area contributed by atoms with Crippen LogP contribution in [-0.2, 0) is 5.41 Å². The highest BCUT2D eigenvalue weighted by Gasteiger charge is 2.47. The second-order valence-electron chi connectivity index (χ2n) is 11.3. The van der Waals surface area contributed by atoms with Crippen LogP contribution >= 0.6 is 11.3 Å². The van der Waals surface area contributed by atoms with Crippen LogP contribution in [0.3, 0.4) is 0 Å². The van der Waals surface area contributed by atoms with Crippen molar-refractivity contribution >= 4 is 21.7 Å². The first kappa shape index (κ1) is 23.7. The van der Waals surface area contributed by atoms with Gasteiger partial charge >= 0.3 is 0 Å². The molecule has 2 fully saturated rings. The summed E-state index contributed by atoms with van der Waals surface area (Å²) in [5, 5.41) is 10.6. The van der Waals surface area contributed by atoms with E-state index >= 15 is 4.39 Å². The lowest BCUT2D eigenvalue weighted by molar-refractivity contribution is 0.0800. The summed E-state index contributed by atoms with van der Waals surface area (Å²) in [6.45, 7) is 7.45. The van der Waals surface area contributed by atoms with Crippen molar-refractivity contribution in [2.75, 3.05) is 13.2 Å². The van der Waals surface area contributed by atoms with Crippen LogP contribution in [0.25, 0.3) is 20.9 Å². The Labute approximate surface area is 215 Å². The summed E-state index contributed by atoms with van der Waals surface area (Å²) in [6, 6.07) is 20.4. The number of aromatic nitrogens is 2. The molecule has 2 aromatic carbocycles. The van der Waals surface area contributed by atoms with E-state index in [1.807, 2.05) is 24.3 Å². The molecule has 1 aliphatic heterocycles. The van der Waals surface area contributed by atoms with Crippen LogP contribution in [0.5, 0.6) is 0 Å². The van der Waals surface area contributed by atoms with Crippen molar-refractivity contribution < 1.29 is 9.50 Å². The molecule has 4 nitrogen and oxygen atoms in total. The molecule has 0 bridgehead atoms. The molecule has 0 unspecified atom stereocenters. The Hall–Kier alpha value is -2.67. The molecule has 2 aromatic heterocycles. The van der Waals surface area contributed by atoms with Crippen LogP contribution in [0.1, 0.15) is 62.8 Å². The number of halogens is 1. The van der Waals surface area contributed by atoms with Gasteiger partial charge in [-0.25, -0.2) is 14.4 Å². The maximum atomic E-state index is 15.4. The number of hydrogen-bond acceptors (Lipinski definition) is 5. The van der Waals surface area contributed by atoms with E-state index in [4.69, 9.17) is 9.97 Å². The fourth-order valence-corrected chi connectivity index (χ4v) is 6.85. The fraction of sp³-hybridized carbons (Fsp3) is 0.400. The van der Waals surface area contributed by atoms with Crippen molar-refractivity contribution in [3.05, 3.63) is 83.3 Å². The number of aliphatic hydroxyl groups is 1. The van der Waals surface area contributed by atoms with Gasteiger partial charge in [-0.15, -0.1) is 0 Å². The third kappa shape index (κ3) is 4.05. The van der Waals surface area contributed by atoms with Gasteiger partial charge in [-0.2, -0.15) is 0 Å². The van der Waals surface area contributed by atoms with E-state index in [2.05, 4.69) is 56.0 Å². The summed E-state index contributed by atoms with van der Waals surface area (Å²) in [5.41, 5.74) is 4.68. The number of rotatable bonds is 5. The van der Waals surface area contributed by atoms with Gasteiger partial charge in [0.25, 0.3) is 0 Å². The van der Waals surface area contributed by atoms with Gasteiger partial charge in [0.1, 0.15) is 21.2 Å². The quantitative estimate of drug-likeness (QED) is 0.338. The lowest BCUT2D eigenvalue weighted by atomic mass is 9.92. The van der Waals surface area contributed by atoms with Gasteiger partial charge in [-0.05, 0) is 81.3 Å². The van der Waals surface area contributed by atoms with Gasteiger partial charge in [-0.3, -0.25) is 4.90 Å². The minimum atomic E-state index is -0.246. The zero-order valence-corrected chi connectivity index (χ0v) is 21.9. The number of aliphatic hydroxyl groups excluding tert-OH is 1. The van der Waals surface area contributed by atoms with Crippen LogP contribution in [0.4, 0.5) is 4.39 Å². The molecule has 0 amide bonds. The van der Waals surface area contributed by atoms with Gasteiger partial charge < -0.3 is 5.11 Å². The molecule has 6 heteroatoms. The molecular weight excluding hydrogens is 469 g/mol. The fourth-order valence-electron chi connectivity index (χ4n) is 5.89. The first-order valence-corrected chi connectivity index (χ1v) is 13.6. The average Bonchev–Trinajstić information content (AvgIpc) is 3.37. The minimum Gasteiger partial charge on any atom is -0.395 e. The number of nitrogens with zero attached hydrogens (tertiary/aromatic N) is 3. The molecular formula is C30H32FN3OS.